The number of methoxy groups -OCH3 is 1. The maximum atomic E-state index is 13.0. The number of amides is 1. The number of benzene rings is 2. The summed E-state index contributed by atoms with van der Waals surface area (Å²) < 4.78 is 13.3. The van der Waals surface area contributed by atoms with Crippen LogP contribution in [-0.4, -0.2) is 29.1 Å². The number of hydrogen-bond acceptors (Lipinski definition) is 5. The summed E-state index contributed by atoms with van der Waals surface area (Å²) in [7, 11) is 1.65. The number of nitrogens with zero attached hydrogens (tertiary/aromatic N) is 2. The molecule has 0 spiro atoms. The first-order valence-corrected chi connectivity index (χ1v) is 13.5. The Balaban J connectivity index is 1.62. The largest absolute Gasteiger partial charge is 0.497 e. The SMILES string of the molecule is COc1ccc(Cn2c(-c3csc(COc4cc(Cl)cc(Cl)c4)n3)cc(C(=O)NCC(C)C)c2C)cc1. The predicted molar refractivity (Wildman–Crippen MR) is 150 cm³/mol. The molecule has 4 aromatic rings. The van der Waals surface area contributed by atoms with E-state index < -0.39 is 0 Å². The Labute approximate surface area is 231 Å². The summed E-state index contributed by atoms with van der Waals surface area (Å²) in [6.45, 7) is 7.60. The molecule has 1 N–H and O–H groups in total. The van der Waals surface area contributed by atoms with Gasteiger partial charge >= 0.3 is 0 Å². The first kappa shape index (κ1) is 27.0. The third-order valence-corrected chi connectivity index (χ3v) is 7.05. The van der Waals surface area contributed by atoms with Crippen molar-refractivity contribution in [2.75, 3.05) is 13.7 Å². The van der Waals surface area contributed by atoms with Gasteiger partial charge in [0.1, 0.15) is 23.1 Å². The molecule has 0 fully saturated rings. The Hall–Kier alpha value is -3.00. The van der Waals surface area contributed by atoms with Gasteiger partial charge in [-0.15, -0.1) is 11.3 Å². The van der Waals surface area contributed by atoms with Gasteiger partial charge in [-0.1, -0.05) is 49.2 Å². The van der Waals surface area contributed by atoms with Crippen molar-refractivity contribution in [1.82, 2.24) is 14.9 Å². The van der Waals surface area contributed by atoms with Crippen LogP contribution in [0.2, 0.25) is 10.0 Å². The molecule has 0 saturated heterocycles. The Kier molecular flexibility index (Phi) is 8.79. The minimum atomic E-state index is -0.0856. The molecule has 0 aliphatic carbocycles. The van der Waals surface area contributed by atoms with Crippen LogP contribution < -0.4 is 14.8 Å². The van der Waals surface area contributed by atoms with E-state index >= 15 is 0 Å². The van der Waals surface area contributed by atoms with E-state index in [0.29, 0.717) is 40.4 Å². The molecule has 0 atom stereocenters. The molecular weight excluding hydrogens is 529 g/mol. The second kappa shape index (κ2) is 12.0. The van der Waals surface area contributed by atoms with E-state index in [2.05, 4.69) is 23.7 Å². The van der Waals surface area contributed by atoms with Crippen LogP contribution in [0.25, 0.3) is 11.4 Å². The topological polar surface area (TPSA) is 65.4 Å². The number of halogens is 2. The summed E-state index contributed by atoms with van der Waals surface area (Å²) in [6.07, 6.45) is 0. The predicted octanol–water partition coefficient (Wildman–Crippen LogP) is 7.25. The maximum Gasteiger partial charge on any atom is 0.253 e. The number of carbonyl (C=O) groups is 1. The summed E-state index contributed by atoms with van der Waals surface area (Å²) in [4.78, 5) is 17.8. The summed E-state index contributed by atoms with van der Waals surface area (Å²) in [6, 6.07) is 14.9. The zero-order chi connectivity index (χ0) is 26.5. The molecule has 2 heterocycles. The normalized spacial score (nSPS) is 11.1. The van der Waals surface area contributed by atoms with Crippen LogP contribution in [-0.2, 0) is 13.2 Å². The molecule has 194 valence electrons. The van der Waals surface area contributed by atoms with Crippen LogP contribution >= 0.6 is 34.5 Å². The van der Waals surface area contributed by atoms with Crippen molar-refractivity contribution in [3.8, 4) is 22.9 Å². The molecule has 9 heteroatoms. The molecule has 0 saturated carbocycles. The van der Waals surface area contributed by atoms with Crippen LogP contribution in [0.3, 0.4) is 0 Å². The molecule has 6 nitrogen and oxygen atoms in total. The van der Waals surface area contributed by atoms with Crippen molar-refractivity contribution in [2.24, 2.45) is 5.92 Å². The van der Waals surface area contributed by atoms with E-state index in [1.165, 1.54) is 11.3 Å². The van der Waals surface area contributed by atoms with Gasteiger partial charge < -0.3 is 19.4 Å². The van der Waals surface area contributed by atoms with Gasteiger partial charge in [-0.25, -0.2) is 4.98 Å². The van der Waals surface area contributed by atoms with Crippen LogP contribution in [0.5, 0.6) is 11.5 Å². The highest BCUT2D eigenvalue weighted by atomic mass is 35.5. The van der Waals surface area contributed by atoms with Crippen LogP contribution in [0.15, 0.2) is 53.9 Å². The second-order valence-corrected chi connectivity index (χ2v) is 10.9. The minimum Gasteiger partial charge on any atom is -0.497 e. The van der Waals surface area contributed by atoms with Gasteiger partial charge in [-0.3, -0.25) is 4.79 Å². The Morgan fingerprint density at radius 2 is 1.78 bits per heavy atom. The zero-order valence-corrected chi connectivity index (χ0v) is 23.5. The quantitative estimate of drug-likeness (QED) is 0.223. The fraction of sp³-hybridized carbons (Fsp3) is 0.286. The van der Waals surface area contributed by atoms with Gasteiger partial charge in [0.05, 0.1) is 24.1 Å². The molecular formula is C28H29Cl2N3O3S. The molecule has 0 aliphatic rings. The molecule has 0 radical (unpaired) electrons. The van der Waals surface area contributed by atoms with Gasteiger partial charge in [0.15, 0.2) is 0 Å². The van der Waals surface area contributed by atoms with E-state index in [1.807, 2.05) is 42.6 Å². The number of rotatable bonds is 10. The van der Waals surface area contributed by atoms with Crippen LogP contribution in [0.4, 0.5) is 0 Å². The van der Waals surface area contributed by atoms with E-state index in [9.17, 15) is 4.79 Å². The summed E-state index contributed by atoms with van der Waals surface area (Å²) in [5.41, 5.74) is 4.27. The molecule has 2 aromatic heterocycles. The van der Waals surface area contributed by atoms with Crippen LogP contribution in [0.1, 0.15) is 40.5 Å². The number of thiazole rings is 1. The molecule has 0 unspecified atom stereocenters. The Bertz CT molecular complexity index is 1360. The highest BCUT2D eigenvalue weighted by Crippen LogP contribution is 2.30. The average molecular weight is 559 g/mol. The lowest BCUT2D eigenvalue weighted by molar-refractivity contribution is 0.0948. The Morgan fingerprint density at radius 3 is 2.43 bits per heavy atom. The van der Waals surface area contributed by atoms with Crippen molar-refractivity contribution in [1.29, 1.82) is 0 Å². The monoisotopic (exact) mass is 557 g/mol. The third-order valence-electron chi connectivity index (χ3n) is 5.79. The van der Waals surface area contributed by atoms with Crippen molar-refractivity contribution in [3.63, 3.8) is 0 Å². The van der Waals surface area contributed by atoms with Crippen molar-refractivity contribution in [2.45, 2.75) is 33.9 Å². The van der Waals surface area contributed by atoms with Gasteiger partial charge in [-0.2, -0.15) is 0 Å². The first-order chi connectivity index (χ1) is 17.7. The third kappa shape index (κ3) is 6.86. The fourth-order valence-corrected chi connectivity index (χ4v) is 5.05. The summed E-state index contributed by atoms with van der Waals surface area (Å²) in [5, 5.41) is 6.84. The molecule has 0 aliphatic heterocycles. The second-order valence-electron chi connectivity index (χ2n) is 9.09. The lowest BCUT2D eigenvalue weighted by Crippen LogP contribution is -2.27. The average Bonchev–Trinajstić information content (AvgIpc) is 3.46. The maximum absolute atomic E-state index is 13.0. The van der Waals surface area contributed by atoms with Crippen molar-refractivity contribution < 1.29 is 14.3 Å². The summed E-state index contributed by atoms with van der Waals surface area (Å²) in [5.74, 6) is 1.65. The number of nitrogens with one attached hydrogen (secondary N) is 1. The molecule has 0 bridgehead atoms. The number of aromatic nitrogens is 2. The highest BCUT2D eigenvalue weighted by molar-refractivity contribution is 7.09. The van der Waals surface area contributed by atoms with E-state index in [1.54, 1.807) is 25.3 Å². The van der Waals surface area contributed by atoms with Gasteiger partial charge in [-0.05, 0) is 54.8 Å². The smallest absolute Gasteiger partial charge is 0.253 e. The fourth-order valence-electron chi connectivity index (χ4n) is 3.85. The summed E-state index contributed by atoms with van der Waals surface area (Å²) >= 11 is 13.7. The highest BCUT2D eigenvalue weighted by Gasteiger charge is 2.21. The molecule has 4 rings (SSSR count). The standard InChI is InChI=1S/C28H29Cl2N3O3S/c1-17(2)13-31-28(34)24-12-26(33(18(24)3)14-19-5-7-22(35-4)8-6-19)25-16-37-27(32-25)15-36-23-10-20(29)9-21(30)11-23/h5-12,16-17H,13-15H2,1-4H3,(H,31,34). The van der Waals surface area contributed by atoms with Gasteiger partial charge in [0.2, 0.25) is 0 Å². The number of hydrogen-bond donors (Lipinski definition) is 1. The van der Waals surface area contributed by atoms with E-state index in [0.717, 1.165) is 33.4 Å². The molecule has 2 aromatic carbocycles. The van der Waals surface area contributed by atoms with Crippen LogP contribution in [0, 0.1) is 12.8 Å². The van der Waals surface area contributed by atoms with Crippen molar-refractivity contribution >= 4 is 40.4 Å². The zero-order valence-electron chi connectivity index (χ0n) is 21.2. The van der Waals surface area contributed by atoms with Gasteiger partial charge in [0.25, 0.3) is 5.91 Å². The first-order valence-electron chi connectivity index (χ1n) is 11.9. The Morgan fingerprint density at radius 1 is 1.08 bits per heavy atom. The lowest BCUT2D eigenvalue weighted by atomic mass is 10.2. The molecule has 37 heavy (non-hydrogen) atoms. The number of ether oxygens (including phenoxy) is 2. The van der Waals surface area contributed by atoms with Gasteiger partial charge in [0, 0.05) is 34.2 Å². The number of carbonyl (C=O) groups excluding carboxylic acids is 1. The van der Waals surface area contributed by atoms with E-state index in [-0.39, 0.29) is 12.5 Å². The minimum absolute atomic E-state index is 0.0856. The lowest BCUT2D eigenvalue weighted by Gasteiger charge is -2.12. The van der Waals surface area contributed by atoms with E-state index in [4.69, 9.17) is 37.7 Å². The van der Waals surface area contributed by atoms with Crippen molar-refractivity contribution in [3.05, 3.63) is 85.8 Å². The molecule has 1 amide bonds.